The molecule has 3 heterocycles. The van der Waals surface area contributed by atoms with Crippen LogP contribution in [0.5, 0.6) is 0 Å². The van der Waals surface area contributed by atoms with Crippen LogP contribution in [0.25, 0.3) is 10.2 Å². The number of ether oxygens (including phenoxy) is 1. The van der Waals surface area contributed by atoms with Crippen LogP contribution >= 0.6 is 22.9 Å². The molecule has 2 atom stereocenters. The van der Waals surface area contributed by atoms with Crippen molar-refractivity contribution >= 4 is 45.0 Å². The zero-order chi connectivity index (χ0) is 15.9. The lowest BCUT2D eigenvalue weighted by atomic mass is 10.2. The van der Waals surface area contributed by atoms with Gasteiger partial charge in [-0.2, -0.15) is 0 Å². The lowest BCUT2D eigenvalue weighted by Crippen LogP contribution is -2.40. The Morgan fingerprint density at radius 2 is 2.32 bits per heavy atom. The Bertz CT molecular complexity index is 748. The lowest BCUT2D eigenvalue weighted by molar-refractivity contribution is -0.145. The van der Waals surface area contributed by atoms with Gasteiger partial charge >= 0.3 is 5.97 Å². The van der Waals surface area contributed by atoms with Gasteiger partial charge in [-0.3, -0.25) is 9.78 Å². The number of carbonyl (C=O) groups excluding carboxylic acids is 2. The molecule has 0 aromatic carbocycles. The molecule has 3 rings (SSSR count). The highest BCUT2D eigenvalue weighted by molar-refractivity contribution is 7.21. The number of esters is 1. The minimum atomic E-state index is -0.763. The fourth-order valence-electron chi connectivity index (χ4n) is 2.55. The summed E-state index contributed by atoms with van der Waals surface area (Å²) in [6, 6.07) is 2.54. The SMILES string of the molecule is COC(=O)C1CC(O)CN1C(=O)c1cc2nccc(Cl)c2s1. The van der Waals surface area contributed by atoms with Gasteiger partial charge in [0.1, 0.15) is 6.04 Å². The monoisotopic (exact) mass is 340 g/mol. The van der Waals surface area contributed by atoms with Gasteiger partial charge < -0.3 is 14.7 Å². The average molecular weight is 341 g/mol. The summed E-state index contributed by atoms with van der Waals surface area (Å²) in [7, 11) is 1.26. The summed E-state index contributed by atoms with van der Waals surface area (Å²) in [4.78, 5) is 30.4. The molecule has 1 aliphatic rings. The molecule has 0 spiro atoms. The molecule has 0 bridgehead atoms. The van der Waals surface area contributed by atoms with Crippen LogP contribution in [0.3, 0.4) is 0 Å². The van der Waals surface area contributed by atoms with Crippen LogP contribution in [-0.4, -0.2) is 52.7 Å². The highest BCUT2D eigenvalue weighted by atomic mass is 35.5. The van der Waals surface area contributed by atoms with Gasteiger partial charge in [0.05, 0.1) is 33.3 Å². The number of hydrogen-bond acceptors (Lipinski definition) is 6. The highest BCUT2D eigenvalue weighted by Gasteiger charge is 2.40. The van der Waals surface area contributed by atoms with E-state index in [1.54, 1.807) is 18.3 Å². The molecule has 2 unspecified atom stereocenters. The largest absolute Gasteiger partial charge is 0.467 e. The van der Waals surface area contributed by atoms with E-state index in [1.807, 2.05) is 0 Å². The summed E-state index contributed by atoms with van der Waals surface area (Å²) >= 11 is 7.31. The fourth-order valence-corrected chi connectivity index (χ4v) is 3.80. The number of methoxy groups -OCH3 is 1. The molecule has 0 radical (unpaired) electrons. The second-order valence-electron chi connectivity index (χ2n) is 5.00. The van der Waals surface area contributed by atoms with Crippen molar-refractivity contribution < 1.29 is 19.4 Å². The van der Waals surface area contributed by atoms with Crippen molar-refractivity contribution in [3.05, 3.63) is 28.2 Å². The van der Waals surface area contributed by atoms with Crippen LogP contribution in [0.2, 0.25) is 5.02 Å². The second kappa shape index (κ2) is 5.83. The molecule has 2 aromatic heterocycles. The number of nitrogens with zero attached hydrogens (tertiary/aromatic N) is 2. The maximum atomic E-state index is 12.7. The van der Waals surface area contributed by atoms with E-state index in [2.05, 4.69) is 4.98 Å². The van der Waals surface area contributed by atoms with Crippen molar-refractivity contribution in [3.8, 4) is 0 Å². The number of pyridine rings is 1. The lowest BCUT2D eigenvalue weighted by Gasteiger charge is -2.21. The Morgan fingerprint density at radius 1 is 1.55 bits per heavy atom. The number of fused-ring (bicyclic) bond motifs is 1. The van der Waals surface area contributed by atoms with E-state index in [-0.39, 0.29) is 18.9 Å². The van der Waals surface area contributed by atoms with E-state index in [4.69, 9.17) is 16.3 Å². The smallest absolute Gasteiger partial charge is 0.328 e. The number of rotatable bonds is 2. The molecular weight excluding hydrogens is 328 g/mol. The van der Waals surface area contributed by atoms with E-state index in [0.717, 1.165) is 4.70 Å². The third kappa shape index (κ3) is 2.55. The zero-order valence-electron chi connectivity index (χ0n) is 11.7. The predicted molar refractivity (Wildman–Crippen MR) is 82.1 cm³/mol. The minimum Gasteiger partial charge on any atom is -0.467 e. The summed E-state index contributed by atoms with van der Waals surface area (Å²) in [6.45, 7) is 0.105. The fraction of sp³-hybridized carbons (Fsp3) is 0.357. The number of aliphatic hydroxyl groups is 1. The summed E-state index contributed by atoms with van der Waals surface area (Å²) in [6.07, 6.45) is 1.02. The van der Waals surface area contributed by atoms with Gasteiger partial charge in [0.15, 0.2) is 0 Å². The molecule has 8 heteroatoms. The van der Waals surface area contributed by atoms with E-state index < -0.39 is 18.1 Å². The average Bonchev–Trinajstić information content (AvgIpc) is 3.10. The molecule has 22 heavy (non-hydrogen) atoms. The first-order chi connectivity index (χ1) is 10.5. The van der Waals surface area contributed by atoms with Gasteiger partial charge in [-0.1, -0.05) is 11.6 Å². The first-order valence-electron chi connectivity index (χ1n) is 6.62. The zero-order valence-corrected chi connectivity index (χ0v) is 13.2. The van der Waals surface area contributed by atoms with Gasteiger partial charge in [0.2, 0.25) is 0 Å². The highest BCUT2D eigenvalue weighted by Crippen LogP contribution is 2.32. The van der Waals surface area contributed by atoms with Crippen molar-refractivity contribution in [3.63, 3.8) is 0 Å². The molecule has 0 saturated carbocycles. The van der Waals surface area contributed by atoms with Crippen molar-refractivity contribution in [2.45, 2.75) is 18.6 Å². The van der Waals surface area contributed by atoms with Crippen molar-refractivity contribution in [1.29, 1.82) is 0 Å². The van der Waals surface area contributed by atoms with Gasteiger partial charge in [0, 0.05) is 19.2 Å². The molecule has 2 aromatic rings. The molecule has 1 saturated heterocycles. The Kier molecular flexibility index (Phi) is 4.03. The quantitative estimate of drug-likeness (QED) is 0.842. The third-order valence-corrected chi connectivity index (χ3v) is 5.16. The van der Waals surface area contributed by atoms with Gasteiger partial charge in [-0.05, 0) is 12.1 Å². The third-order valence-electron chi connectivity index (χ3n) is 3.59. The molecule has 0 aliphatic carbocycles. The van der Waals surface area contributed by atoms with Crippen LogP contribution in [0.15, 0.2) is 18.3 Å². The predicted octanol–water partition coefficient (Wildman–Crippen LogP) is 1.70. The molecule has 1 N–H and O–H groups in total. The van der Waals surface area contributed by atoms with Crippen molar-refractivity contribution in [2.24, 2.45) is 0 Å². The Hall–Kier alpha value is -1.70. The number of thiophene rings is 1. The number of aromatic nitrogens is 1. The summed E-state index contributed by atoms with van der Waals surface area (Å²) in [5.41, 5.74) is 0.634. The first-order valence-corrected chi connectivity index (χ1v) is 7.81. The van der Waals surface area contributed by atoms with Crippen LogP contribution in [0.4, 0.5) is 0 Å². The molecule has 6 nitrogen and oxygen atoms in total. The first kappa shape index (κ1) is 15.2. The standard InChI is InChI=1S/C14H13ClN2O4S/c1-21-14(20)10-4-7(18)6-17(10)13(19)11-5-9-12(22-11)8(15)2-3-16-9/h2-3,5,7,10,18H,4,6H2,1H3. The second-order valence-corrected chi connectivity index (χ2v) is 6.46. The van der Waals surface area contributed by atoms with Gasteiger partial charge in [-0.15, -0.1) is 11.3 Å². The van der Waals surface area contributed by atoms with E-state index in [9.17, 15) is 14.7 Å². The Labute approximate surface area is 135 Å². The van der Waals surface area contributed by atoms with Crippen LogP contribution in [-0.2, 0) is 9.53 Å². The molecular formula is C14H13ClN2O4S. The summed E-state index contributed by atoms with van der Waals surface area (Å²) < 4.78 is 5.43. The number of aliphatic hydroxyl groups excluding tert-OH is 1. The topological polar surface area (TPSA) is 79.7 Å². The number of amides is 1. The molecule has 1 aliphatic heterocycles. The van der Waals surface area contributed by atoms with Gasteiger partial charge in [0.25, 0.3) is 5.91 Å². The number of carbonyl (C=O) groups is 2. The molecule has 1 fully saturated rings. The van der Waals surface area contributed by atoms with E-state index in [0.29, 0.717) is 15.4 Å². The Morgan fingerprint density at radius 3 is 3.00 bits per heavy atom. The van der Waals surface area contributed by atoms with Crippen LogP contribution in [0.1, 0.15) is 16.1 Å². The van der Waals surface area contributed by atoms with Crippen molar-refractivity contribution in [1.82, 2.24) is 9.88 Å². The van der Waals surface area contributed by atoms with Crippen LogP contribution < -0.4 is 0 Å². The number of hydrogen-bond donors (Lipinski definition) is 1. The maximum absolute atomic E-state index is 12.7. The number of β-amino-alcohol motifs (C(OH)–C–C–N with tert-alkyl or cyclic N) is 1. The molecule has 1 amide bonds. The molecule has 116 valence electrons. The van der Waals surface area contributed by atoms with E-state index in [1.165, 1.54) is 23.3 Å². The Balaban J connectivity index is 1.94. The number of halogens is 1. The number of likely N-dealkylation sites (tertiary alicyclic amines) is 1. The normalized spacial score (nSPS) is 21.3. The van der Waals surface area contributed by atoms with Crippen LogP contribution in [0, 0.1) is 0 Å². The minimum absolute atomic E-state index is 0.105. The van der Waals surface area contributed by atoms with Crippen molar-refractivity contribution in [2.75, 3.05) is 13.7 Å². The van der Waals surface area contributed by atoms with Gasteiger partial charge in [-0.25, -0.2) is 4.79 Å². The summed E-state index contributed by atoms with van der Waals surface area (Å²) in [5.74, 6) is -0.854. The van der Waals surface area contributed by atoms with E-state index >= 15 is 0 Å². The summed E-state index contributed by atoms with van der Waals surface area (Å²) in [5, 5.41) is 10.3. The maximum Gasteiger partial charge on any atom is 0.328 e.